The zero-order valence-corrected chi connectivity index (χ0v) is 33.9. The largest absolute Gasteiger partial charge is 0.361 e. The lowest BCUT2D eigenvalue weighted by molar-refractivity contribution is -0.384. The number of sulfonamides is 1. The summed E-state index contributed by atoms with van der Waals surface area (Å²) in [4.78, 5) is 59.7. The second kappa shape index (κ2) is 17.3. The van der Waals surface area contributed by atoms with E-state index in [1.807, 2.05) is 71.1 Å². The van der Waals surface area contributed by atoms with Crippen LogP contribution in [0.3, 0.4) is 0 Å². The molecule has 0 aliphatic carbocycles. The molecule has 0 radical (unpaired) electrons. The molecular weight excluding hydrogens is 809 g/mol. The molecule has 2 amide bonds. The second-order valence-corrected chi connectivity index (χ2v) is 17.9. The van der Waals surface area contributed by atoms with Gasteiger partial charge in [-0.25, -0.2) is 28.1 Å². The minimum Gasteiger partial charge on any atom is -0.361 e. The first-order valence-corrected chi connectivity index (χ1v) is 21.7. The fourth-order valence-electron chi connectivity index (χ4n) is 6.05. The number of thiazole rings is 2. The molecule has 20 heteroatoms. The molecule has 294 valence electrons. The second-order valence-electron chi connectivity index (χ2n) is 13.2. The molecule has 5 heterocycles. The monoisotopic (exact) mass is 844 g/mol. The van der Waals surface area contributed by atoms with Crippen LogP contribution in [0.25, 0.3) is 10.2 Å². The summed E-state index contributed by atoms with van der Waals surface area (Å²) < 4.78 is 29.6. The molecule has 0 saturated carbocycles. The number of nitro groups is 1. The number of fused-ring (bicyclic) bond motifs is 2. The first-order chi connectivity index (χ1) is 27.4. The summed E-state index contributed by atoms with van der Waals surface area (Å²) in [6, 6.07) is 17.7. The number of nitrogens with zero attached hydrogens (tertiary/aromatic N) is 7. The molecule has 2 aromatic carbocycles. The van der Waals surface area contributed by atoms with E-state index in [4.69, 9.17) is 0 Å². The number of rotatable bonds is 15. The van der Waals surface area contributed by atoms with E-state index in [1.165, 1.54) is 16.7 Å². The highest BCUT2D eigenvalue weighted by atomic mass is 32.2. The van der Waals surface area contributed by atoms with Gasteiger partial charge in [-0.05, 0) is 68.9 Å². The van der Waals surface area contributed by atoms with Gasteiger partial charge in [-0.1, -0.05) is 41.7 Å². The number of benzene rings is 2. The van der Waals surface area contributed by atoms with Crippen molar-refractivity contribution in [1.82, 2.24) is 29.6 Å². The number of anilines is 3. The Morgan fingerprint density at radius 3 is 2.67 bits per heavy atom. The van der Waals surface area contributed by atoms with Crippen LogP contribution in [0.5, 0.6) is 0 Å². The summed E-state index contributed by atoms with van der Waals surface area (Å²) >= 11 is 4.07. The highest BCUT2D eigenvalue weighted by molar-refractivity contribution is 7.99. The number of carbonyl (C=O) groups is 2. The van der Waals surface area contributed by atoms with Crippen LogP contribution in [0, 0.1) is 10.1 Å². The molecule has 1 aliphatic heterocycles. The highest BCUT2D eigenvalue weighted by Gasteiger charge is 2.29. The molecule has 0 bridgehead atoms. The molecule has 4 aromatic heterocycles. The van der Waals surface area contributed by atoms with E-state index in [1.54, 1.807) is 36.3 Å². The zero-order valence-electron chi connectivity index (χ0n) is 30.6. The predicted molar refractivity (Wildman–Crippen MR) is 222 cm³/mol. The van der Waals surface area contributed by atoms with Gasteiger partial charge in [0.1, 0.15) is 10.6 Å². The van der Waals surface area contributed by atoms with Crippen LogP contribution in [0.4, 0.5) is 21.8 Å². The maximum absolute atomic E-state index is 13.4. The summed E-state index contributed by atoms with van der Waals surface area (Å²) in [5, 5.41) is 20.6. The Hall–Kier alpha value is -5.54. The van der Waals surface area contributed by atoms with Crippen LogP contribution in [0.15, 0.2) is 94.4 Å². The summed E-state index contributed by atoms with van der Waals surface area (Å²) in [5.74, 6) is -0.820. The third kappa shape index (κ3) is 9.54. The Labute approximate surface area is 340 Å². The molecule has 16 nitrogen and oxygen atoms in total. The highest BCUT2D eigenvalue weighted by Crippen LogP contribution is 2.32. The lowest BCUT2D eigenvalue weighted by Crippen LogP contribution is -2.33. The molecule has 7 rings (SSSR count). The van der Waals surface area contributed by atoms with Gasteiger partial charge in [-0.2, -0.15) is 0 Å². The lowest BCUT2D eigenvalue weighted by atomic mass is 9.94. The average Bonchev–Trinajstić information content (AvgIpc) is 3.86. The van der Waals surface area contributed by atoms with E-state index >= 15 is 0 Å². The number of carbonyl (C=O) groups excluding carboxylic acids is 2. The molecule has 57 heavy (non-hydrogen) atoms. The molecule has 6 aromatic rings. The van der Waals surface area contributed by atoms with E-state index in [0.717, 1.165) is 49.8 Å². The number of nitrogens with one attached hydrogen (secondary N) is 3. The molecule has 3 N–H and O–H groups in total. The maximum Gasteiger partial charge on any atom is 0.312 e. The molecule has 1 atom stereocenters. The standard InChI is InChI=1S/C37H36N10O6S4/c1-45(2)15-13-24(21-54-25-8-4-3-5-9-25)40-33-31(47(50)51)17-26(18-39-33)57(52,53)44-35(49)30-22-55-37(42-30)46-16-12-23-7-6-10-27(28(23)20-46)34(48)43-36-41-29-11-14-38-19-32(29)56-36/h3-11,14,17-19,22,24H,12-13,15-16,20-21H2,1-2H3,(H,39,40)(H,44,49)(H,41,43,48)/t24-/m1/s1. The van der Waals surface area contributed by atoms with Crippen LogP contribution in [0.1, 0.15) is 38.4 Å². The predicted octanol–water partition coefficient (Wildman–Crippen LogP) is 5.91. The molecular formula is C37H36N10O6S4. The molecule has 0 spiro atoms. The van der Waals surface area contributed by atoms with E-state index < -0.39 is 31.4 Å². The summed E-state index contributed by atoms with van der Waals surface area (Å²) in [5.41, 5.74) is 2.33. The third-order valence-electron chi connectivity index (χ3n) is 8.96. The van der Waals surface area contributed by atoms with Crippen molar-refractivity contribution in [3.63, 3.8) is 0 Å². The van der Waals surface area contributed by atoms with Gasteiger partial charge >= 0.3 is 5.69 Å². The van der Waals surface area contributed by atoms with Crippen molar-refractivity contribution in [2.75, 3.05) is 48.5 Å². The molecule has 1 aliphatic rings. The van der Waals surface area contributed by atoms with Crippen LogP contribution < -0.4 is 20.3 Å². The fraction of sp³-hybridized carbons (Fsp3) is 0.243. The molecule has 0 saturated heterocycles. The topological polar surface area (TPSA) is 206 Å². The van der Waals surface area contributed by atoms with Crippen LogP contribution in [-0.4, -0.2) is 89.0 Å². The van der Waals surface area contributed by atoms with Crippen molar-refractivity contribution in [3.8, 4) is 0 Å². The molecule has 0 unspecified atom stereocenters. The van der Waals surface area contributed by atoms with Gasteiger partial charge in [0.15, 0.2) is 10.3 Å². The van der Waals surface area contributed by atoms with Crippen LogP contribution >= 0.6 is 34.4 Å². The van der Waals surface area contributed by atoms with Gasteiger partial charge < -0.3 is 15.1 Å². The summed E-state index contributed by atoms with van der Waals surface area (Å²) in [6.45, 7) is 1.57. The normalized spacial score (nSPS) is 13.3. The maximum atomic E-state index is 13.4. The number of amides is 2. The minimum atomic E-state index is -4.59. The van der Waals surface area contributed by atoms with Gasteiger partial charge in [0.2, 0.25) is 5.82 Å². The van der Waals surface area contributed by atoms with E-state index in [-0.39, 0.29) is 23.5 Å². The Balaban J connectivity index is 1.02. The first kappa shape index (κ1) is 39.7. The van der Waals surface area contributed by atoms with Gasteiger partial charge in [0.05, 0.1) is 21.3 Å². The van der Waals surface area contributed by atoms with E-state index in [0.29, 0.717) is 54.1 Å². The van der Waals surface area contributed by atoms with Gasteiger partial charge in [0, 0.05) is 59.2 Å². The SMILES string of the molecule is CN(C)CC[C@H](CSc1ccccc1)Nc1ncc(S(=O)(=O)NC(=O)c2csc(N3CCc4cccc(C(=O)Nc5nc6ccncc6s5)c4C3)n2)cc1[N+](=O)[O-]. The number of hydrogen-bond donors (Lipinski definition) is 3. The zero-order chi connectivity index (χ0) is 40.1. The Kier molecular flexibility index (Phi) is 12.0. The number of hydrogen-bond acceptors (Lipinski definition) is 16. The van der Waals surface area contributed by atoms with Crippen molar-refractivity contribution in [1.29, 1.82) is 0 Å². The van der Waals surface area contributed by atoms with Gasteiger partial charge in [0.25, 0.3) is 21.8 Å². The van der Waals surface area contributed by atoms with E-state index in [2.05, 4.69) is 30.6 Å². The molecule has 0 fully saturated rings. The van der Waals surface area contributed by atoms with Gasteiger partial charge in [-0.3, -0.25) is 30.0 Å². The minimum absolute atomic E-state index is 0.0788. The van der Waals surface area contributed by atoms with Crippen molar-refractivity contribution in [3.05, 3.63) is 117 Å². The Morgan fingerprint density at radius 2 is 1.89 bits per heavy atom. The number of pyridine rings is 2. The number of thioether (sulfide) groups is 1. The van der Waals surface area contributed by atoms with Gasteiger partial charge in [-0.15, -0.1) is 23.1 Å². The van der Waals surface area contributed by atoms with Crippen molar-refractivity contribution in [2.24, 2.45) is 0 Å². The van der Waals surface area contributed by atoms with Crippen molar-refractivity contribution >= 4 is 88.3 Å². The first-order valence-electron chi connectivity index (χ1n) is 17.6. The van der Waals surface area contributed by atoms with Crippen LogP contribution in [-0.2, 0) is 23.0 Å². The average molecular weight is 845 g/mol. The van der Waals surface area contributed by atoms with E-state index in [9.17, 15) is 28.1 Å². The quantitative estimate of drug-likeness (QED) is 0.0625. The third-order valence-corrected chi connectivity index (χ3v) is 13.3. The summed E-state index contributed by atoms with van der Waals surface area (Å²) in [7, 11) is -0.730. The lowest BCUT2D eigenvalue weighted by Gasteiger charge is -2.29. The van der Waals surface area contributed by atoms with Crippen molar-refractivity contribution < 1.29 is 22.9 Å². The Bertz CT molecular complexity index is 2520. The summed E-state index contributed by atoms with van der Waals surface area (Å²) in [6.07, 6.45) is 5.57. The smallest absolute Gasteiger partial charge is 0.312 e. The fourth-order valence-corrected chi connectivity index (χ4v) is 9.63. The number of aromatic nitrogens is 4. The Morgan fingerprint density at radius 1 is 1.07 bits per heavy atom. The van der Waals surface area contributed by atoms with Crippen LogP contribution in [0.2, 0.25) is 0 Å². The van der Waals surface area contributed by atoms with Crippen molar-refractivity contribution in [2.45, 2.75) is 35.2 Å².